The van der Waals surface area contributed by atoms with Gasteiger partial charge in [0.1, 0.15) is 12.1 Å². The molecule has 3 heteroatoms. The average Bonchev–Trinajstić information content (AvgIpc) is 2.50. The van der Waals surface area contributed by atoms with Crippen molar-refractivity contribution in [2.24, 2.45) is 11.7 Å². The summed E-state index contributed by atoms with van der Waals surface area (Å²) in [6.07, 6.45) is 6.18. The van der Waals surface area contributed by atoms with Crippen LogP contribution in [0.4, 0.5) is 0 Å². The SMILES string of the molecule is Cc1ccc([C@@H](C2CCCCC2)[C@H](C)OC(=O)[C@H](C)N)c(C)c1. The summed E-state index contributed by atoms with van der Waals surface area (Å²) in [7, 11) is 0. The van der Waals surface area contributed by atoms with Crippen LogP contribution in [-0.4, -0.2) is 18.1 Å². The fourth-order valence-electron chi connectivity index (χ4n) is 3.95. The van der Waals surface area contributed by atoms with Crippen LogP contribution in [0.1, 0.15) is 68.6 Å². The number of hydrogen-bond acceptors (Lipinski definition) is 3. The van der Waals surface area contributed by atoms with Gasteiger partial charge in [-0.3, -0.25) is 4.79 Å². The van der Waals surface area contributed by atoms with E-state index in [4.69, 9.17) is 10.5 Å². The van der Waals surface area contributed by atoms with Gasteiger partial charge in [-0.25, -0.2) is 0 Å². The van der Waals surface area contributed by atoms with E-state index >= 15 is 0 Å². The Morgan fingerprint density at radius 3 is 2.39 bits per heavy atom. The van der Waals surface area contributed by atoms with E-state index in [1.165, 1.54) is 48.8 Å². The van der Waals surface area contributed by atoms with E-state index < -0.39 is 6.04 Å². The van der Waals surface area contributed by atoms with Crippen molar-refractivity contribution in [1.29, 1.82) is 0 Å². The van der Waals surface area contributed by atoms with Crippen LogP contribution in [0.25, 0.3) is 0 Å². The Balaban J connectivity index is 2.28. The largest absolute Gasteiger partial charge is 0.461 e. The molecule has 1 aliphatic carbocycles. The summed E-state index contributed by atoms with van der Waals surface area (Å²) < 4.78 is 5.70. The van der Waals surface area contributed by atoms with Gasteiger partial charge < -0.3 is 10.5 Å². The van der Waals surface area contributed by atoms with E-state index in [-0.39, 0.29) is 18.0 Å². The molecule has 0 unspecified atom stereocenters. The van der Waals surface area contributed by atoms with Crippen LogP contribution in [0.15, 0.2) is 18.2 Å². The lowest BCUT2D eigenvalue weighted by molar-refractivity contribution is -0.151. The highest BCUT2D eigenvalue weighted by Gasteiger charge is 2.33. The van der Waals surface area contributed by atoms with E-state index in [1.54, 1.807) is 6.92 Å². The predicted octanol–water partition coefficient (Wildman–Crippen LogP) is 4.25. The number of benzene rings is 1. The number of nitrogens with two attached hydrogens (primary N) is 1. The minimum Gasteiger partial charge on any atom is -0.461 e. The van der Waals surface area contributed by atoms with E-state index in [0.29, 0.717) is 5.92 Å². The maximum Gasteiger partial charge on any atom is 0.322 e. The van der Waals surface area contributed by atoms with Crippen molar-refractivity contribution in [2.45, 2.75) is 77.9 Å². The summed E-state index contributed by atoms with van der Waals surface area (Å²) in [4.78, 5) is 12.0. The predicted molar refractivity (Wildman–Crippen MR) is 94.4 cm³/mol. The molecule has 2 rings (SSSR count). The zero-order valence-corrected chi connectivity index (χ0v) is 15.0. The van der Waals surface area contributed by atoms with Crippen molar-refractivity contribution in [3.8, 4) is 0 Å². The Morgan fingerprint density at radius 1 is 1.17 bits per heavy atom. The molecular weight excluding hydrogens is 286 g/mol. The van der Waals surface area contributed by atoms with Crippen molar-refractivity contribution < 1.29 is 9.53 Å². The number of carbonyl (C=O) groups is 1. The molecule has 0 aliphatic heterocycles. The molecule has 1 aromatic rings. The molecule has 0 bridgehead atoms. The third-order valence-electron chi connectivity index (χ3n) is 5.12. The average molecular weight is 317 g/mol. The molecule has 1 saturated carbocycles. The zero-order valence-electron chi connectivity index (χ0n) is 15.0. The third kappa shape index (κ3) is 4.57. The highest BCUT2D eigenvalue weighted by atomic mass is 16.5. The van der Waals surface area contributed by atoms with Gasteiger partial charge in [0.25, 0.3) is 0 Å². The molecule has 0 heterocycles. The number of ether oxygens (including phenoxy) is 1. The zero-order chi connectivity index (χ0) is 17.0. The minimum absolute atomic E-state index is 0.141. The fraction of sp³-hybridized carbons (Fsp3) is 0.650. The Morgan fingerprint density at radius 2 is 1.83 bits per heavy atom. The van der Waals surface area contributed by atoms with E-state index in [0.717, 1.165) is 0 Å². The summed E-state index contributed by atoms with van der Waals surface area (Å²) in [5.41, 5.74) is 9.57. The molecule has 23 heavy (non-hydrogen) atoms. The molecule has 1 aromatic carbocycles. The maximum absolute atomic E-state index is 12.0. The van der Waals surface area contributed by atoms with Gasteiger partial charge in [-0.2, -0.15) is 0 Å². The smallest absolute Gasteiger partial charge is 0.322 e. The lowest BCUT2D eigenvalue weighted by Crippen LogP contribution is -2.36. The number of rotatable bonds is 5. The molecule has 0 aromatic heterocycles. The summed E-state index contributed by atoms with van der Waals surface area (Å²) in [6, 6.07) is 6.05. The monoisotopic (exact) mass is 317 g/mol. The quantitative estimate of drug-likeness (QED) is 0.826. The molecule has 0 amide bonds. The number of hydrogen-bond donors (Lipinski definition) is 1. The van der Waals surface area contributed by atoms with Crippen LogP contribution in [-0.2, 0) is 9.53 Å². The first-order valence-corrected chi connectivity index (χ1v) is 8.93. The first kappa shape index (κ1) is 18.0. The molecule has 0 radical (unpaired) electrons. The molecule has 3 atom stereocenters. The molecule has 128 valence electrons. The Bertz CT molecular complexity index is 532. The molecule has 2 N–H and O–H groups in total. The van der Waals surface area contributed by atoms with E-state index in [9.17, 15) is 4.79 Å². The van der Waals surface area contributed by atoms with Crippen LogP contribution >= 0.6 is 0 Å². The summed E-state index contributed by atoms with van der Waals surface area (Å²) in [5, 5.41) is 0. The molecule has 0 spiro atoms. The van der Waals surface area contributed by atoms with Gasteiger partial charge in [-0.15, -0.1) is 0 Å². The second kappa shape index (κ2) is 7.96. The van der Waals surface area contributed by atoms with Gasteiger partial charge in [-0.05, 0) is 57.6 Å². The first-order valence-electron chi connectivity index (χ1n) is 8.93. The minimum atomic E-state index is -0.566. The normalized spacial score (nSPS) is 19.9. The Kier molecular flexibility index (Phi) is 6.23. The fourth-order valence-corrected chi connectivity index (χ4v) is 3.95. The second-order valence-electron chi connectivity index (χ2n) is 7.21. The van der Waals surface area contributed by atoms with Crippen LogP contribution in [0, 0.1) is 19.8 Å². The van der Waals surface area contributed by atoms with Gasteiger partial charge in [0.05, 0.1) is 0 Å². The lowest BCUT2D eigenvalue weighted by atomic mass is 9.73. The number of carbonyl (C=O) groups excluding carboxylic acids is 1. The highest BCUT2D eigenvalue weighted by molar-refractivity contribution is 5.75. The molecule has 1 aliphatic rings. The second-order valence-corrected chi connectivity index (χ2v) is 7.21. The number of aryl methyl sites for hydroxylation is 2. The lowest BCUT2D eigenvalue weighted by Gasteiger charge is -2.35. The maximum atomic E-state index is 12.0. The topological polar surface area (TPSA) is 52.3 Å². The Labute approximate surface area is 140 Å². The van der Waals surface area contributed by atoms with Crippen LogP contribution in [0.5, 0.6) is 0 Å². The van der Waals surface area contributed by atoms with Gasteiger partial charge in [-0.1, -0.05) is 43.0 Å². The van der Waals surface area contributed by atoms with Crippen molar-refractivity contribution in [3.05, 3.63) is 34.9 Å². The van der Waals surface area contributed by atoms with Gasteiger partial charge in [0.2, 0.25) is 0 Å². The van der Waals surface area contributed by atoms with Crippen molar-refractivity contribution in [3.63, 3.8) is 0 Å². The van der Waals surface area contributed by atoms with E-state index in [2.05, 4.69) is 32.0 Å². The van der Waals surface area contributed by atoms with Crippen LogP contribution < -0.4 is 5.73 Å². The first-order chi connectivity index (χ1) is 10.9. The van der Waals surface area contributed by atoms with Crippen molar-refractivity contribution >= 4 is 5.97 Å². The van der Waals surface area contributed by atoms with Crippen molar-refractivity contribution in [2.75, 3.05) is 0 Å². The molecule has 0 saturated heterocycles. The summed E-state index contributed by atoms with van der Waals surface area (Å²) in [6.45, 7) is 7.99. The van der Waals surface area contributed by atoms with Crippen LogP contribution in [0.2, 0.25) is 0 Å². The molecule has 1 fully saturated rings. The Hall–Kier alpha value is -1.35. The summed E-state index contributed by atoms with van der Waals surface area (Å²) >= 11 is 0. The van der Waals surface area contributed by atoms with Crippen molar-refractivity contribution in [1.82, 2.24) is 0 Å². The highest BCUT2D eigenvalue weighted by Crippen LogP contribution is 2.40. The van der Waals surface area contributed by atoms with Gasteiger partial charge in [0, 0.05) is 5.92 Å². The van der Waals surface area contributed by atoms with Crippen LogP contribution in [0.3, 0.4) is 0 Å². The van der Waals surface area contributed by atoms with E-state index in [1.807, 2.05) is 6.92 Å². The number of esters is 1. The standard InChI is InChI=1S/C20H31NO2/c1-13-10-11-18(14(2)12-13)19(17-8-6-5-7-9-17)16(4)23-20(22)15(3)21/h10-12,15-17,19H,5-9,21H2,1-4H3/t15-,16-,19+/m0/s1. The molecule has 3 nitrogen and oxygen atoms in total. The third-order valence-corrected chi connectivity index (χ3v) is 5.12. The summed E-state index contributed by atoms with van der Waals surface area (Å²) in [5.74, 6) is 0.544. The van der Waals surface area contributed by atoms with Gasteiger partial charge >= 0.3 is 5.97 Å². The molecular formula is C20H31NO2. The van der Waals surface area contributed by atoms with Gasteiger partial charge in [0.15, 0.2) is 0 Å².